The van der Waals surface area contributed by atoms with Crippen molar-refractivity contribution in [3.05, 3.63) is 21.3 Å². The topological polar surface area (TPSA) is 69.6 Å². The number of nitrogens with zero attached hydrogens (tertiary/aromatic N) is 1. The number of rotatable bonds is 7. The lowest BCUT2D eigenvalue weighted by atomic mass is 9.85. The molecule has 0 aromatic carbocycles. The van der Waals surface area contributed by atoms with Crippen LogP contribution in [0.1, 0.15) is 24.6 Å². The van der Waals surface area contributed by atoms with Gasteiger partial charge in [0.2, 0.25) is 5.91 Å². The molecule has 7 heteroatoms. The number of nitrogens with one attached hydrogen (secondary N) is 1. The van der Waals surface area contributed by atoms with Crippen molar-refractivity contribution in [1.82, 2.24) is 10.2 Å². The van der Waals surface area contributed by atoms with E-state index in [-0.39, 0.29) is 24.5 Å². The number of hydrogen-bond acceptors (Lipinski definition) is 4. The molecule has 0 radical (unpaired) electrons. The average molecular weight is 331 g/mol. The number of carboxylic acid groups (broad SMARTS) is 1. The zero-order chi connectivity index (χ0) is 15.4. The molecule has 0 spiro atoms. The highest BCUT2D eigenvalue weighted by atomic mass is 35.5. The lowest BCUT2D eigenvalue weighted by molar-refractivity contribution is -0.139. The molecule has 116 valence electrons. The highest BCUT2D eigenvalue weighted by Crippen LogP contribution is 2.26. The van der Waals surface area contributed by atoms with Crippen molar-refractivity contribution in [1.29, 1.82) is 0 Å². The molecule has 0 aliphatic heterocycles. The Morgan fingerprint density at radius 1 is 1.48 bits per heavy atom. The summed E-state index contributed by atoms with van der Waals surface area (Å²) in [5.74, 6) is -0.808. The van der Waals surface area contributed by atoms with Gasteiger partial charge in [-0.25, -0.2) is 0 Å². The number of halogens is 1. The second-order valence-corrected chi connectivity index (χ2v) is 7.03. The van der Waals surface area contributed by atoms with Gasteiger partial charge in [-0.05, 0) is 31.5 Å². The van der Waals surface area contributed by atoms with Crippen LogP contribution in [-0.4, -0.2) is 47.1 Å². The lowest BCUT2D eigenvalue weighted by Crippen LogP contribution is -2.55. The number of thiophene rings is 1. The van der Waals surface area contributed by atoms with Crippen LogP contribution in [-0.2, 0) is 16.0 Å². The van der Waals surface area contributed by atoms with Gasteiger partial charge in [0.1, 0.15) is 0 Å². The molecule has 2 N–H and O–H groups in total. The minimum Gasteiger partial charge on any atom is -0.480 e. The molecule has 1 saturated carbocycles. The highest BCUT2D eigenvalue weighted by molar-refractivity contribution is 7.16. The van der Waals surface area contributed by atoms with Crippen molar-refractivity contribution in [3.8, 4) is 0 Å². The number of hydrogen-bond donors (Lipinski definition) is 2. The summed E-state index contributed by atoms with van der Waals surface area (Å²) in [6, 6.07) is 4.06. The number of aliphatic carboxylic acids is 1. The van der Waals surface area contributed by atoms with Gasteiger partial charge in [-0.1, -0.05) is 18.5 Å². The average Bonchev–Trinajstić information content (AvgIpc) is 2.76. The van der Waals surface area contributed by atoms with Crippen LogP contribution in [0, 0.1) is 0 Å². The van der Waals surface area contributed by atoms with E-state index in [1.165, 1.54) is 11.3 Å². The van der Waals surface area contributed by atoms with Crippen LogP contribution >= 0.6 is 22.9 Å². The van der Waals surface area contributed by atoms with Crippen LogP contribution in [0.2, 0.25) is 4.34 Å². The molecule has 1 heterocycles. The Morgan fingerprint density at radius 3 is 2.71 bits per heavy atom. The quantitative estimate of drug-likeness (QED) is 0.802. The van der Waals surface area contributed by atoms with E-state index in [0.29, 0.717) is 17.3 Å². The third-order valence-electron chi connectivity index (χ3n) is 3.70. The molecule has 1 aromatic heterocycles. The monoisotopic (exact) mass is 330 g/mol. The first-order valence-electron chi connectivity index (χ1n) is 6.97. The summed E-state index contributed by atoms with van der Waals surface area (Å²) in [6.45, 7) is 2.73. The molecular formula is C14H19ClN2O3S. The third kappa shape index (κ3) is 4.69. The van der Waals surface area contributed by atoms with Crippen LogP contribution in [0.5, 0.6) is 0 Å². The van der Waals surface area contributed by atoms with Crippen LogP contribution in [0.15, 0.2) is 12.1 Å². The van der Waals surface area contributed by atoms with Gasteiger partial charge in [0.15, 0.2) is 0 Å². The number of amides is 1. The summed E-state index contributed by atoms with van der Waals surface area (Å²) in [5, 5.41) is 11.8. The first kappa shape index (κ1) is 16.3. The zero-order valence-electron chi connectivity index (χ0n) is 11.8. The molecule has 0 atom stereocenters. The molecule has 0 unspecified atom stereocenters. The minimum atomic E-state index is -0.807. The van der Waals surface area contributed by atoms with Crippen molar-refractivity contribution in [2.45, 2.75) is 38.3 Å². The van der Waals surface area contributed by atoms with E-state index >= 15 is 0 Å². The molecule has 21 heavy (non-hydrogen) atoms. The number of carbonyl (C=O) groups excluding carboxylic acids is 1. The second-order valence-electron chi connectivity index (χ2n) is 5.23. The van der Waals surface area contributed by atoms with Crippen molar-refractivity contribution in [3.63, 3.8) is 0 Å². The molecule has 0 saturated heterocycles. The van der Waals surface area contributed by atoms with Crippen molar-refractivity contribution in [2.24, 2.45) is 0 Å². The summed E-state index contributed by atoms with van der Waals surface area (Å²) >= 11 is 7.25. The van der Waals surface area contributed by atoms with Crippen LogP contribution in [0.25, 0.3) is 0 Å². The summed E-state index contributed by atoms with van der Waals surface area (Å²) in [7, 11) is 0. The molecule has 1 aliphatic rings. The molecule has 2 rings (SSSR count). The fourth-order valence-electron chi connectivity index (χ4n) is 2.56. The van der Waals surface area contributed by atoms with Gasteiger partial charge >= 0.3 is 5.97 Å². The predicted octanol–water partition coefficient (Wildman–Crippen LogP) is 2.00. The maximum Gasteiger partial charge on any atom is 0.317 e. The van der Waals surface area contributed by atoms with E-state index in [1.807, 2.05) is 17.9 Å². The Labute approximate surface area is 132 Å². The molecule has 1 aliphatic carbocycles. The fourth-order valence-corrected chi connectivity index (χ4v) is 3.65. The van der Waals surface area contributed by atoms with Gasteiger partial charge in [0.05, 0.1) is 17.3 Å². The maximum absolute atomic E-state index is 11.9. The fraction of sp³-hybridized carbons (Fsp3) is 0.571. The van der Waals surface area contributed by atoms with Crippen LogP contribution in [0.4, 0.5) is 0 Å². The van der Waals surface area contributed by atoms with E-state index in [4.69, 9.17) is 16.7 Å². The molecule has 1 fully saturated rings. The highest BCUT2D eigenvalue weighted by Gasteiger charge is 2.34. The van der Waals surface area contributed by atoms with Gasteiger partial charge in [0.25, 0.3) is 0 Å². The Morgan fingerprint density at radius 2 is 2.19 bits per heavy atom. The van der Waals surface area contributed by atoms with E-state index in [2.05, 4.69) is 5.32 Å². The predicted molar refractivity (Wildman–Crippen MR) is 82.9 cm³/mol. The first-order valence-corrected chi connectivity index (χ1v) is 8.16. The third-order valence-corrected chi connectivity index (χ3v) is 4.93. The Bertz CT molecular complexity index is 514. The van der Waals surface area contributed by atoms with Gasteiger partial charge in [-0.2, -0.15) is 0 Å². The Balaban J connectivity index is 1.72. The van der Waals surface area contributed by atoms with E-state index < -0.39 is 5.97 Å². The molecular weight excluding hydrogens is 312 g/mol. The lowest BCUT2D eigenvalue weighted by Gasteiger charge is -2.42. The minimum absolute atomic E-state index is 0.00162. The Hall–Kier alpha value is -1.11. The zero-order valence-corrected chi connectivity index (χ0v) is 13.4. The summed E-state index contributed by atoms with van der Waals surface area (Å²) in [4.78, 5) is 25.5. The molecule has 5 nitrogen and oxygen atoms in total. The van der Waals surface area contributed by atoms with Gasteiger partial charge in [-0.3, -0.25) is 14.5 Å². The summed E-state index contributed by atoms with van der Waals surface area (Å²) in [6.07, 6.45) is 1.99. The number of carbonyl (C=O) groups is 2. The molecule has 0 bridgehead atoms. The maximum atomic E-state index is 11.9. The normalized spacial score (nSPS) is 21.1. The van der Waals surface area contributed by atoms with E-state index in [0.717, 1.165) is 17.7 Å². The Kier molecular flexibility index (Phi) is 5.61. The van der Waals surface area contributed by atoms with Gasteiger partial charge in [-0.15, -0.1) is 11.3 Å². The van der Waals surface area contributed by atoms with Crippen LogP contribution in [0.3, 0.4) is 0 Å². The van der Waals surface area contributed by atoms with Gasteiger partial charge in [0, 0.05) is 17.0 Å². The van der Waals surface area contributed by atoms with Crippen molar-refractivity contribution >= 4 is 34.8 Å². The SMILES string of the molecule is CCN(CC(=O)O)C1CC(NC(=O)Cc2ccc(Cl)s2)C1. The van der Waals surface area contributed by atoms with Crippen molar-refractivity contribution in [2.75, 3.05) is 13.1 Å². The van der Waals surface area contributed by atoms with E-state index in [9.17, 15) is 9.59 Å². The molecule has 1 aromatic rings. The smallest absolute Gasteiger partial charge is 0.317 e. The number of carboxylic acids is 1. The van der Waals surface area contributed by atoms with Crippen LogP contribution < -0.4 is 5.32 Å². The van der Waals surface area contributed by atoms with E-state index in [1.54, 1.807) is 6.07 Å². The van der Waals surface area contributed by atoms with Gasteiger partial charge < -0.3 is 10.4 Å². The second kappa shape index (κ2) is 7.24. The largest absolute Gasteiger partial charge is 0.480 e. The molecule has 1 amide bonds. The summed E-state index contributed by atoms with van der Waals surface area (Å²) < 4.78 is 0.689. The first-order chi connectivity index (χ1) is 9.97. The number of likely N-dealkylation sites (N-methyl/N-ethyl adjacent to an activating group) is 1. The summed E-state index contributed by atoms with van der Waals surface area (Å²) in [5.41, 5.74) is 0. The standard InChI is InChI=1S/C14H19ClN2O3S/c1-2-17(8-14(19)20)10-5-9(6-10)16-13(18)7-11-3-4-12(15)21-11/h3-4,9-10H,2,5-8H2,1H3,(H,16,18)(H,19,20). The van der Waals surface area contributed by atoms with Crippen molar-refractivity contribution < 1.29 is 14.7 Å².